The molecule has 2 atom stereocenters. The molecule has 184 valence electrons. The summed E-state index contributed by atoms with van der Waals surface area (Å²) < 4.78 is 5.84. The van der Waals surface area contributed by atoms with Gasteiger partial charge < -0.3 is 15.0 Å². The lowest BCUT2D eigenvalue weighted by molar-refractivity contribution is -0.0441. The highest BCUT2D eigenvalue weighted by molar-refractivity contribution is 5.91. The van der Waals surface area contributed by atoms with Crippen molar-refractivity contribution in [3.05, 3.63) is 24.0 Å². The number of ether oxygens (including phenoxy) is 1. The van der Waals surface area contributed by atoms with Gasteiger partial charge in [-0.2, -0.15) is 25.3 Å². The van der Waals surface area contributed by atoms with E-state index in [9.17, 15) is 4.79 Å². The van der Waals surface area contributed by atoms with Gasteiger partial charge >= 0.3 is 6.01 Å². The highest BCUT2D eigenvalue weighted by Crippen LogP contribution is 2.57. The molecule has 3 aromatic rings. The van der Waals surface area contributed by atoms with Crippen molar-refractivity contribution in [2.45, 2.75) is 50.0 Å². The van der Waals surface area contributed by atoms with Crippen LogP contribution >= 0.6 is 0 Å². The van der Waals surface area contributed by atoms with Crippen LogP contribution in [0.4, 0.5) is 5.95 Å². The predicted molar refractivity (Wildman–Crippen MR) is 126 cm³/mol. The minimum atomic E-state index is -0.277. The van der Waals surface area contributed by atoms with Crippen LogP contribution in [0.3, 0.4) is 0 Å². The second-order valence-electron chi connectivity index (χ2n) is 10.7. The standard InChI is InChI=1S/C24H26N10O2/c25-9-15-5-16(15)11-36-23-29-20(21(35)31-24-6-13(7-24)8-24)28-22(30-23)34-3-1-14(2-4-34)18-17-10-26-12-27-19(17)33-32-18/h10,12-16H,1-8,11H2,(H,31,35)(H,26,27,32,33)/t13?,15-,16+,24?/m0/s1. The van der Waals surface area contributed by atoms with Crippen molar-refractivity contribution < 1.29 is 9.53 Å². The molecule has 12 nitrogen and oxygen atoms in total. The predicted octanol–water partition coefficient (Wildman–Crippen LogP) is 1.74. The van der Waals surface area contributed by atoms with E-state index in [0.29, 0.717) is 25.6 Å². The first-order chi connectivity index (χ1) is 17.6. The molecular formula is C24H26N10O2. The molecule has 2 N–H and O–H groups in total. The number of fused-ring (bicyclic) bond motifs is 1. The van der Waals surface area contributed by atoms with Gasteiger partial charge in [-0.1, -0.05) is 0 Å². The summed E-state index contributed by atoms with van der Waals surface area (Å²) >= 11 is 0. The molecule has 0 aromatic carbocycles. The maximum atomic E-state index is 13.0. The van der Waals surface area contributed by atoms with E-state index in [1.54, 1.807) is 6.20 Å². The number of hydrogen-bond donors (Lipinski definition) is 2. The zero-order valence-electron chi connectivity index (χ0n) is 19.7. The van der Waals surface area contributed by atoms with Crippen LogP contribution in [0.15, 0.2) is 12.5 Å². The highest BCUT2D eigenvalue weighted by Gasteiger charge is 2.57. The van der Waals surface area contributed by atoms with Gasteiger partial charge in [-0.25, -0.2) is 9.97 Å². The summed E-state index contributed by atoms with van der Waals surface area (Å²) in [5.74, 6) is 1.50. The number of nitrogens with zero attached hydrogens (tertiary/aromatic N) is 8. The Bertz CT molecular complexity index is 1360. The smallest absolute Gasteiger partial charge is 0.321 e. The number of aromatic nitrogens is 7. The van der Waals surface area contributed by atoms with E-state index in [1.807, 2.05) is 0 Å². The largest absolute Gasteiger partial charge is 0.463 e. The maximum absolute atomic E-state index is 13.0. The quantitative estimate of drug-likeness (QED) is 0.504. The summed E-state index contributed by atoms with van der Waals surface area (Å²) in [4.78, 5) is 36.9. The monoisotopic (exact) mass is 486 g/mol. The summed E-state index contributed by atoms with van der Waals surface area (Å²) in [5.41, 5.74) is 1.66. The van der Waals surface area contributed by atoms with Crippen LogP contribution in [0, 0.1) is 29.1 Å². The van der Waals surface area contributed by atoms with E-state index in [1.165, 1.54) is 6.33 Å². The summed E-state index contributed by atoms with van der Waals surface area (Å²) in [5, 5.41) is 20.7. The first-order valence-electron chi connectivity index (χ1n) is 12.6. The summed E-state index contributed by atoms with van der Waals surface area (Å²) in [7, 11) is 0. The van der Waals surface area contributed by atoms with Gasteiger partial charge in [0.2, 0.25) is 11.8 Å². The number of H-pyrrole nitrogens is 1. The van der Waals surface area contributed by atoms with Gasteiger partial charge in [0.05, 0.1) is 29.7 Å². The SMILES string of the molecule is N#C[C@@H]1C[C@@H]1COc1nc(C(=O)NC23CC(C2)C3)nc(N2CCC(c3n[nH]c4ncncc34)CC2)n1. The molecule has 3 aromatic heterocycles. The number of rotatable bonds is 7. The lowest BCUT2D eigenvalue weighted by Gasteiger charge is -2.61. The fraction of sp³-hybridized carbons (Fsp3) is 0.583. The molecule has 0 radical (unpaired) electrons. The average Bonchev–Trinajstić information content (AvgIpc) is 3.51. The Morgan fingerprint density at radius 1 is 1.25 bits per heavy atom. The van der Waals surface area contributed by atoms with E-state index in [0.717, 1.165) is 61.2 Å². The van der Waals surface area contributed by atoms with E-state index in [2.05, 4.69) is 51.4 Å². The number of amides is 1. The van der Waals surface area contributed by atoms with E-state index in [4.69, 9.17) is 10.00 Å². The maximum Gasteiger partial charge on any atom is 0.321 e. The molecule has 4 saturated carbocycles. The molecule has 1 saturated heterocycles. The van der Waals surface area contributed by atoms with Gasteiger partial charge in [-0.05, 0) is 44.4 Å². The van der Waals surface area contributed by atoms with Crippen molar-refractivity contribution in [1.29, 1.82) is 5.26 Å². The number of carbonyl (C=O) groups excluding carboxylic acids is 1. The molecule has 8 rings (SSSR count). The van der Waals surface area contributed by atoms with E-state index < -0.39 is 0 Å². The van der Waals surface area contributed by atoms with E-state index in [-0.39, 0.29) is 41.0 Å². The fourth-order valence-corrected chi connectivity index (χ4v) is 5.80. The van der Waals surface area contributed by atoms with Crippen molar-refractivity contribution >= 4 is 22.9 Å². The normalized spacial score (nSPS) is 28.6. The number of nitriles is 1. The van der Waals surface area contributed by atoms with Crippen LogP contribution in [0.25, 0.3) is 11.0 Å². The zero-order chi connectivity index (χ0) is 24.3. The lowest BCUT2D eigenvalue weighted by atomic mass is 9.50. The first-order valence-corrected chi connectivity index (χ1v) is 12.6. The first kappa shape index (κ1) is 21.4. The van der Waals surface area contributed by atoms with Gasteiger partial charge in [0.15, 0.2) is 5.65 Å². The Labute approximate surface area is 206 Å². The van der Waals surface area contributed by atoms with Gasteiger partial charge in [0, 0.05) is 36.7 Å². The number of nitrogens with one attached hydrogen (secondary N) is 2. The number of carbonyl (C=O) groups is 1. The third kappa shape index (κ3) is 3.70. The van der Waals surface area contributed by atoms with Gasteiger partial charge in [0.1, 0.15) is 6.33 Å². The summed E-state index contributed by atoms with van der Waals surface area (Å²) in [6.07, 6.45) is 8.97. The second kappa shape index (κ2) is 8.08. The Kier molecular flexibility index (Phi) is 4.80. The molecule has 5 aliphatic rings. The lowest BCUT2D eigenvalue weighted by Crippen LogP contribution is -2.68. The number of hydrogen-bond acceptors (Lipinski definition) is 10. The van der Waals surface area contributed by atoms with Crippen LogP contribution in [0.5, 0.6) is 6.01 Å². The van der Waals surface area contributed by atoms with Crippen LogP contribution in [-0.4, -0.2) is 66.3 Å². The molecule has 36 heavy (non-hydrogen) atoms. The van der Waals surface area contributed by atoms with Crippen molar-refractivity contribution in [3.63, 3.8) is 0 Å². The van der Waals surface area contributed by atoms with Crippen molar-refractivity contribution in [2.24, 2.45) is 17.8 Å². The minimum absolute atomic E-state index is 0.0286. The number of anilines is 1. The van der Waals surface area contributed by atoms with Gasteiger partial charge in [-0.3, -0.25) is 9.89 Å². The molecule has 4 aliphatic carbocycles. The minimum Gasteiger partial charge on any atom is -0.463 e. The number of piperidine rings is 1. The van der Waals surface area contributed by atoms with Crippen LogP contribution in [0.1, 0.15) is 60.8 Å². The summed E-state index contributed by atoms with van der Waals surface area (Å²) in [6, 6.07) is 2.41. The molecule has 1 aliphatic heterocycles. The Balaban J connectivity index is 1.09. The Hall–Kier alpha value is -3.88. The molecule has 5 fully saturated rings. The van der Waals surface area contributed by atoms with Crippen LogP contribution in [-0.2, 0) is 0 Å². The molecule has 12 heteroatoms. The highest BCUT2D eigenvalue weighted by atomic mass is 16.5. The Morgan fingerprint density at radius 2 is 2.08 bits per heavy atom. The topological polar surface area (TPSA) is 158 Å². The third-order valence-corrected chi connectivity index (χ3v) is 8.17. The van der Waals surface area contributed by atoms with Crippen molar-refractivity contribution in [3.8, 4) is 12.1 Å². The third-order valence-electron chi connectivity index (χ3n) is 8.17. The van der Waals surface area contributed by atoms with Gasteiger partial charge in [0.25, 0.3) is 5.91 Å². The van der Waals surface area contributed by atoms with Crippen molar-refractivity contribution in [1.82, 2.24) is 40.4 Å². The van der Waals surface area contributed by atoms with E-state index >= 15 is 0 Å². The van der Waals surface area contributed by atoms with Crippen LogP contribution in [0.2, 0.25) is 0 Å². The molecule has 0 unspecified atom stereocenters. The number of aromatic amines is 1. The molecule has 1 amide bonds. The molecular weight excluding hydrogens is 460 g/mol. The summed E-state index contributed by atoms with van der Waals surface area (Å²) in [6.45, 7) is 1.79. The Morgan fingerprint density at radius 3 is 2.81 bits per heavy atom. The van der Waals surface area contributed by atoms with Crippen molar-refractivity contribution in [2.75, 3.05) is 24.6 Å². The van der Waals surface area contributed by atoms with Crippen LogP contribution < -0.4 is 15.0 Å². The molecule has 4 heterocycles. The van der Waals surface area contributed by atoms with Gasteiger partial charge in [-0.15, -0.1) is 0 Å². The molecule has 0 spiro atoms. The zero-order valence-corrected chi connectivity index (χ0v) is 19.7. The molecule has 2 bridgehead atoms. The fourth-order valence-electron chi connectivity index (χ4n) is 5.80. The second-order valence-corrected chi connectivity index (χ2v) is 10.7. The average molecular weight is 487 g/mol.